The van der Waals surface area contributed by atoms with Crippen molar-refractivity contribution >= 4 is 0 Å². The van der Waals surface area contributed by atoms with Gasteiger partial charge >= 0.3 is 0 Å². The Labute approximate surface area is 217 Å². The average Bonchev–Trinajstić information content (AvgIpc) is 2.90. The molecule has 0 spiro atoms. The van der Waals surface area contributed by atoms with E-state index < -0.39 is 40.6 Å². The first-order chi connectivity index (χ1) is 17.9. The van der Waals surface area contributed by atoms with Gasteiger partial charge in [0.05, 0.1) is 0 Å². The van der Waals surface area contributed by atoms with Gasteiger partial charge in [0, 0.05) is 23.8 Å². The number of hydrogen-bond donors (Lipinski definition) is 0. The van der Waals surface area contributed by atoms with E-state index in [2.05, 4.69) is 13.0 Å². The predicted molar refractivity (Wildman–Crippen MR) is 135 cm³/mol. The maximum atomic E-state index is 15.3. The van der Waals surface area contributed by atoms with Gasteiger partial charge in [-0.2, -0.15) is 0 Å². The monoisotopic (exact) mass is 521 g/mol. The van der Waals surface area contributed by atoms with Crippen LogP contribution in [0.2, 0.25) is 0 Å². The minimum absolute atomic E-state index is 0.0537. The minimum Gasteiger partial charge on any atom is -0.453 e. The molecule has 0 heterocycles. The smallest absolute Gasteiger partial charge is 0.194 e. The van der Waals surface area contributed by atoms with Crippen molar-refractivity contribution in [1.29, 1.82) is 0 Å². The molecule has 1 nitrogen and oxygen atoms in total. The molecule has 0 aromatic heterocycles. The van der Waals surface area contributed by atoms with Crippen molar-refractivity contribution in [2.45, 2.75) is 103 Å². The van der Waals surface area contributed by atoms with Crippen LogP contribution in [0.1, 0.15) is 108 Å². The van der Waals surface area contributed by atoms with Crippen molar-refractivity contribution in [1.82, 2.24) is 0 Å². The lowest BCUT2D eigenvalue weighted by molar-refractivity contribution is 0.154. The van der Waals surface area contributed by atoms with Gasteiger partial charge in [-0.15, -0.1) is 0 Å². The molecule has 0 unspecified atom stereocenters. The zero-order valence-corrected chi connectivity index (χ0v) is 21.7. The van der Waals surface area contributed by atoms with Crippen LogP contribution >= 0.6 is 0 Å². The van der Waals surface area contributed by atoms with E-state index in [1.165, 1.54) is 64.2 Å². The van der Waals surface area contributed by atoms with E-state index in [-0.39, 0.29) is 11.5 Å². The lowest BCUT2D eigenvalue weighted by Gasteiger charge is -2.38. The van der Waals surface area contributed by atoms with Crippen molar-refractivity contribution in [3.63, 3.8) is 0 Å². The van der Waals surface area contributed by atoms with Crippen LogP contribution in [-0.2, 0) is 0 Å². The first-order valence-corrected chi connectivity index (χ1v) is 14.1. The van der Waals surface area contributed by atoms with E-state index in [9.17, 15) is 17.6 Å². The van der Waals surface area contributed by atoms with E-state index in [1.54, 1.807) is 0 Å². The molecular weight excluding hydrogens is 483 g/mol. The summed E-state index contributed by atoms with van der Waals surface area (Å²) in [7, 11) is 0. The van der Waals surface area contributed by atoms with Crippen LogP contribution in [0.15, 0.2) is 18.2 Å². The van der Waals surface area contributed by atoms with E-state index in [0.29, 0.717) is 36.8 Å². The fraction of sp³-hybridized carbons (Fsp3) is 0.613. The largest absolute Gasteiger partial charge is 0.453 e. The summed E-state index contributed by atoms with van der Waals surface area (Å²) in [5, 5.41) is 0. The molecule has 0 N–H and O–H groups in total. The van der Waals surface area contributed by atoms with Crippen LogP contribution in [0.3, 0.4) is 0 Å². The minimum atomic E-state index is -1.63. The molecule has 37 heavy (non-hydrogen) atoms. The summed E-state index contributed by atoms with van der Waals surface area (Å²) in [5.74, 6) is -5.10. The van der Waals surface area contributed by atoms with Crippen molar-refractivity contribution < 1.29 is 26.7 Å². The molecule has 0 amide bonds. The normalized spacial score (nSPS) is 24.3. The highest BCUT2D eigenvalue weighted by molar-refractivity contribution is 5.38. The molecular formula is C31H38F5O. The Bertz CT molecular complexity index is 999. The summed E-state index contributed by atoms with van der Waals surface area (Å²) in [5.41, 5.74) is -0.0537. The van der Waals surface area contributed by atoms with Crippen LogP contribution in [0, 0.1) is 52.9 Å². The second-order valence-electron chi connectivity index (χ2n) is 11.1. The van der Waals surface area contributed by atoms with E-state index in [0.717, 1.165) is 24.8 Å². The van der Waals surface area contributed by atoms with Gasteiger partial charge in [0.2, 0.25) is 0 Å². The first-order valence-electron chi connectivity index (χ1n) is 14.1. The van der Waals surface area contributed by atoms with Crippen molar-refractivity contribution in [2.24, 2.45) is 17.8 Å². The number of benzene rings is 2. The van der Waals surface area contributed by atoms with Crippen LogP contribution in [0.4, 0.5) is 22.0 Å². The molecule has 203 valence electrons. The Morgan fingerprint density at radius 1 is 0.730 bits per heavy atom. The second-order valence-corrected chi connectivity index (χ2v) is 11.1. The van der Waals surface area contributed by atoms with Crippen molar-refractivity contribution in [3.8, 4) is 11.5 Å². The van der Waals surface area contributed by atoms with Gasteiger partial charge in [-0.1, -0.05) is 58.3 Å². The number of unbranched alkanes of at least 4 members (excludes halogenated alkanes) is 4. The molecule has 2 aliphatic carbocycles. The van der Waals surface area contributed by atoms with Crippen LogP contribution in [0.5, 0.6) is 11.5 Å². The van der Waals surface area contributed by atoms with Gasteiger partial charge in [0.25, 0.3) is 0 Å². The summed E-state index contributed by atoms with van der Waals surface area (Å²) >= 11 is 0. The quantitative estimate of drug-likeness (QED) is 0.172. The topological polar surface area (TPSA) is 9.23 Å². The standard InChI is InChI=1S/C31H38F5O/c1-2-3-4-5-6-7-20-8-10-21(11-9-20)22-12-14-23(15-13-22)29-25(32)16-17-28(31(29)36)37-24-18-26(33)30(35)27(34)19-24/h16,18-23H,2-15H2,1H3/t20-,21-,22?,23?. The Morgan fingerprint density at radius 3 is 1.95 bits per heavy atom. The van der Waals surface area contributed by atoms with Crippen LogP contribution in [0.25, 0.3) is 0 Å². The van der Waals surface area contributed by atoms with Crippen molar-refractivity contribution in [3.05, 3.63) is 58.9 Å². The number of halogens is 5. The molecule has 2 fully saturated rings. The van der Waals surface area contributed by atoms with Gasteiger partial charge < -0.3 is 4.74 Å². The maximum Gasteiger partial charge on any atom is 0.194 e. The van der Waals surface area contributed by atoms with E-state index >= 15 is 4.39 Å². The van der Waals surface area contributed by atoms with Gasteiger partial charge in [-0.3, -0.25) is 0 Å². The number of hydrogen-bond acceptors (Lipinski definition) is 1. The fourth-order valence-corrected chi connectivity index (χ4v) is 6.52. The molecule has 4 rings (SSSR count). The second kappa shape index (κ2) is 13.1. The van der Waals surface area contributed by atoms with Crippen LogP contribution in [-0.4, -0.2) is 0 Å². The molecule has 2 saturated carbocycles. The molecule has 2 aromatic carbocycles. The third kappa shape index (κ3) is 7.06. The van der Waals surface area contributed by atoms with E-state index in [4.69, 9.17) is 4.74 Å². The average molecular weight is 522 g/mol. The maximum absolute atomic E-state index is 15.3. The zero-order chi connectivity index (χ0) is 26.4. The molecule has 2 aromatic rings. The summed E-state index contributed by atoms with van der Waals surface area (Å²) in [6, 6.07) is 4.62. The summed E-state index contributed by atoms with van der Waals surface area (Å²) < 4.78 is 75.5. The Kier molecular flexibility index (Phi) is 9.89. The van der Waals surface area contributed by atoms with Crippen molar-refractivity contribution in [2.75, 3.05) is 0 Å². The highest BCUT2D eigenvalue weighted by Gasteiger charge is 2.33. The van der Waals surface area contributed by atoms with Crippen LogP contribution < -0.4 is 4.74 Å². The van der Waals surface area contributed by atoms with Gasteiger partial charge in [0.1, 0.15) is 11.6 Å². The Balaban J connectivity index is 1.31. The summed E-state index contributed by atoms with van der Waals surface area (Å²) in [6.45, 7) is 2.24. The lowest BCUT2D eigenvalue weighted by atomic mass is 9.68. The molecule has 2 aliphatic rings. The first kappa shape index (κ1) is 27.9. The third-order valence-electron chi connectivity index (χ3n) is 8.65. The zero-order valence-electron chi connectivity index (χ0n) is 21.7. The highest BCUT2D eigenvalue weighted by atomic mass is 19.2. The van der Waals surface area contributed by atoms with Gasteiger partial charge in [-0.25, -0.2) is 22.0 Å². The van der Waals surface area contributed by atoms with E-state index in [1.807, 2.05) is 0 Å². The molecule has 1 radical (unpaired) electrons. The SMILES string of the molecule is CCCCCCC[C@H]1CC[C@H](C2CCC(c3c(F)c[c]c(Oc4cc(F)c(F)c(F)c4)c3F)CC2)CC1. The molecule has 0 saturated heterocycles. The summed E-state index contributed by atoms with van der Waals surface area (Å²) in [4.78, 5) is 0. The molecule has 0 aliphatic heterocycles. The Hall–Kier alpha value is -2.11. The predicted octanol–water partition coefficient (Wildman–Crippen LogP) is 10.4. The molecule has 0 bridgehead atoms. The Morgan fingerprint density at radius 2 is 1.32 bits per heavy atom. The number of rotatable bonds is 10. The van der Waals surface area contributed by atoms with Gasteiger partial charge in [-0.05, 0) is 68.3 Å². The van der Waals surface area contributed by atoms with Gasteiger partial charge in [0.15, 0.2) is 29.0 Å². The molecule has 0 atom stereocenters. The number of ether oxygens (including phenoxy) is 1. The lowest BCUT2D eigenvalue weighted by Crippen LogP contribution is -2.26. The highest BCUT2D eigenvalue weighted by Crippen LogP contribution is 2.46. The fourth-order valence-electron chi connectivity index (χ4n) is 6.52. The molecule has 6 heteroatoms. The summed E-state index contributed by atoms with van der Waals surface area (Å²) in [6.07, 6.45) is 16.5. The third-order valence-corrected chi connectivity index (χ3v) is 8.65.